The molecule has 1 N–H and O–H groups in total. The standard InChI is InChI=1S/C22H21N5O2S/c28-15-8-11-26(12-9-15)14-27-22(30)29-21(25-27)17-13-20(19-7-3-4-10-23-19)24-18-6-2-1-5-16(17)18/h1-7,10,13,15,28H,8-9,11-12,14H2. The van der Waals surface area contributed by atoms with Crippen LogP contribution in [0.1, 0.15) is 12.8 Å². The Hall–Kier alpha value is -2.94. The van der Waals surface area contributed by atoms with Crippen molar-refractivity contribution in [1.29, 1.82) is 0 Å². The van der Waals surface area contributed by atoms with Gasteiger partial charge in [0.1, 0.15) is 0 Å². The molecule has 1 aliphatic rings. The number of hydrogen-bond donors (Lipinski definition) is 1. The average Bonchev–Trinajstić information content (AvgIpc) is 3.15. The Labute approximate surface area is 178 Å². The van der Waals surface area contributed by atoms with E-state index >= 15 is 0 Å². The molecule has 0 atom stereocenters. The third kappa shape index (κ3) is 3.77. The van der Waals surface area contributed by atoms with Gasteiger partial charge < -0.3 is 9.52 Å². The molecule has 1 aromatic carbocycles. The van der Waals surface area contributed by atoms with Crippen molar-refractivity contribution in [3.63, 3.8) is 0 Å². The van der Waals surface area contributed by atoms with Crippen LogP contribution < -0.4 is 0 Å². The number of aromatic nitrogens is 4. The molecule has 1 saturated heterocycles. The lowest BCUT2D eigenvalue weighted by Gasteiger charge is -2.28. The molecule has 1 fully saturated rings. The Kier molecular flexibility index (Phi) is 5.12. The fraction of sp³-hybridized carbons (Fsp3) is 0.273. The molecule has 3 aromatic heterocycles. The van der Waals surface area contributed by atoms with E-state index in [1.807, 2.05) is 48.5 Å². The van der Waals surface area contributed by atoms with Gasteiger partial charge in [-0.05, 0) is 49.3 Å². The van der Waals surface area contributed by atoms with Crippen LogP contribution in [0, 0.1) is 4.84 Å². The van der Waals surface area contributed by atoms with E-state index in [0.717, 1.165) is 53.8 Å². The zero-order valence-corrected chi connectivity index (χ0v) is 17.1. The second kappa shape index (κ2) is 8.06. The normalized spacial score (nSPS) is 15.6. The van der Waals surface area contributed by atoms with Gasteiger partial charge in [-0.15, -0.1) is 5.10 Å². The van der Waals surface area contributed by atoms with Gasteiger partial charge in [0.25, 0.3) is 4.84 Å². The fourth-order valence-electron chi connectivity index (χ4n) is 3.75. The number of aliphatic hydroxyl groups is 1. The number of nitrogens with zero attached hydrogens (tertiary/aromatic N) is 5. The number of pyridine rings is 2. The highest BCUT2D eigenvalue weighted by molar-refractivity contribution is 7.71. The van der Waals surface area contributed by atoms with Gasteiger partial charge in [0.2, 0.25) is 5.89 Å². The smallest absolute Gasteiger partial charge is 0.288 e. The van der Waals surface area contributed by atoms with Crippen molar-refractivity contribution in [3.05, 3.63) is 59.6 Å². The largest absolute Gasteiger partial charge is 0.409 e. The van der Waals surface area contributed by atoms with Crippen LogP contribution in [0.2, 0.25) is 0 Å². The van der Waals surface area contributed by atoms with Gasteiger partial charge in [0, 0.05) is 24.7 Å². The van der Waals surface area contributed by atoms with E-state index in [1.54, 1.807) is 10.9 Å². The molecular formula is C22H21N5O2S. The predicted octanol–water partition coefficient (Wildman–Crippen LogP) is 3.90. The lowest BCUT2D eigenvalue weighted by Crippen LogP contribution is -2.37. The molecule has 0 radical (unpaired) electrons. The zero-order chi connectivity index (χ0) is 20.5. The minimum absolute atomic E-state index is 0.213. The molecule has 30 heavy (non-hydrogen) atoms. The molecule has 152 valence electrons. The van der Waals surface area contributed by atoms with E-state index in [9.17, 15) is 5.11 Å². The maximum atomic E-state index is 9.72. The first-order chi connectivity index (χ1) is 14.7. The summed E-state index contributed by atoms with van der Waals surface area (Å²) >= 11 is 5.44. The van der Waals surface area contributed by atoms with Crippen molar-refractivity contribution < 1.29 is 9.52 Å². The van der Waals surface area contributed by atoms with Crippen LogP contribution in [0.3, 0.4) is 0 Å². The molecule has 0 aliphatic carbocycles. The summed E-state index contributed by atoms with van der Waals surface area (Å²) in [5.74, 6) is 0.466. The van der Waals surface area contributed by atoms with Crippen LogP contribution in [-0.4, -0.2) is 48.9 Å². The molecule has 1 aliphatic heterocycles. The van der Waals surface area contributed by atoms with Crippen LogP contribution in [0.5, 0.6) is 0 Å². The molecule has 0 unspecified atom stereocenters. The van der Waals surface area contributed by atoms with E-state index in [0.29, 0.717) is 17.4 Å². The minimum atomic E-state index is -0.213. The third-order valence-electron chi connectivity index (χ3n) is 5.37. The van der Waals surface area contributed by atoms with E-state index < -0.39 is 0 Å². The number of benzene rings is 1. The van der Waals surface area contributed by atoms with Gasteiger partial charge >= 0.3 is 0 Å². The minimum Gasteiger partial charge on any atom is -0.409 e. The van der Waals surface area contributed by atoms with E-state index in [2.05, 4.69) is 15.0 Å². The maximum Gasteiger partial charge on any atom is 0.288 e. The summed E-state index contributed by atoms with van der Waals surface area (Å²) in [7, 11) is 0. The fourth-order valence-corrected chi connectivity index (χ4v) is 3.93. The summed E-state index contributed by atoms with van der Waals surface area (Å²) in [5, 5.41) is 15.3. The zero-order valence-electron chi connectivity index (χ0n) is 16.3. The Balaban J connectivity index is 1.55. The molecule has 7 nitrogen and oxygen atoms in total. The average molecular weight is 420 g/mol. The lowest BCUT2D eigenvalue weighted by atomic mass is 10.1. The Morgan fingerprint density at radius 2 is 1.87 bits per heavy atom. The van der Waals surface area contributed by atoms with Crippen LogP contribution >= 0.6 is 12.2 Å². The SMILES string of the molecule is OC1CCN(Cn2nc(-c3cc(-c4ccccn4)nc4ccccc34)oc2=S)CC1. The second-order valence-corrected chi connectivity index (χ2v) is 7.80. The van der Waals surface area contributed by atoms with Crippen LogP contribution in [0.15, 0.2) is 59.1 Å². The first-order valence-electron chi connectivity index (χ1n) is 9.97. The summed E-state index contributed by atoms with van der Waals surface area (Å²) in [5.41, 5.74) is 3.22. The maximum absolute atomic E-state index is 9.72. The summed E-state index contributed by atoms with van der Waals surface area (Å²) in [4.78, 5) is 11.7. The van der Waals surface area contributed by atoms with Crippen LogP contribution in [0.4, 0.5) is 0 Å². The molecule has 8 heteroatoms. The Morgan fingerprint density at radius 3 is 2.67 bits per heavy atom. The predicted molar refractivity (Wildman–Crippen MR) is 116 cm³/mol. The molecule has 0 saturated carbocycles. The van der Waals surface area contributed by atoms with Crippen molar-refractivity contribution in [1.82, 2.24) is 24.6 Å². The molecule has 0 bridgehead atoms. The van der Waals surface area contributed by atoms with Crippen molar-refractivity contribution in [2.75, 3.05) is 13.1 Å². The van der Waals surface area contributed by atoms with Crippen LogP contribution in [0.25, 0.3) is 33.7 Å². The van der Waals surface area contributed by atoms with E-state index in [1.165, 1.54) is 0 Å². The number of rotatable bonds is 4. The number of piperidine rings is 1. The van der Waals surface area contributed by atoms with Gasteiger partial charge in [-0.3, -0.25) is 9.88 Å². The van der Waals surface area contributed by atoms with E-state index in [4.69, 9.17) is 21.6 Å². The summed E-state index contributed by atoms with van der Waals surface area (Å²) in [6.45, 7) is 2.17. The van der Waals surface area contributed by atoms with Crippen LogP contribution in [-0.2, 0) is 6.67 Å². The first kappa shape index (κ1) is 19.0. The topological polar surface area (TPSA) is 80.2 Å². The monoisotopic (exact) mass is 419 g/mol. The van der Waals surface area contributed by atoms with Gasteiger partial charge in [0.15, 0.2) is 0 Å². The molecule has 4 aromatic rings. The highest BCUT2D eigenvalue weighted by Crippen LogP contribution is 2.31. The summed E-state index contributed by atoms with van der Waals surface area (Å²) in [6, 6.07) is 15.6. The van der Waals surface area contributed by atoms with Crippen molar-refractivity contribution in [2.45, 2.75) is 25.6 Å². The molecule has 5 rings (SSSR count). The number of hydrogen-bond acceptors (Lipinski definition) is 7. The highest BCUT2D eigenvalue weighted by atomic mass is 32.1. The van der Waals surface area contributed by atoms with Gasteiger partial charge in [-0.2, -0.15) is 0 Å². The third-order valence-corrected chi connectivity index (χ3v) is 5.67. The van der Waals surface area contributed by atoms with Gasteiger partial charge in [0.05, 0.1) is 35.2 Å². The Morgan fingerprint density at radius 1 is 1.07 bits per heavy atom. The van der Waals surface area contributed by atoms with Crippen molar-refractivity contribution in [3.8, 4) is 22.8 Å². The van der Waals surface area contributed by atoms with Crippen molar-refractivity contribution in [2.24, 2.45) is 0 Å². The van der Waals surface area contributed by atoms with E-state index in [-0.39, 0.29) is 6.10 Å². The first-order valence-corrected chi connectivity index (χ1v) is 10.4. The summed E-state index contributed by atoms with van der Waals surface area (Å²) in [6.07, 6.45) is 3.07. The van der Waals surface area contributed by atoms with Gasteiger partial charge in [-0.25, -0.2) is 9.67 Å². The number of likely N-dealkylation sites (tertiary alicyclic amines) is 1. The Bertz CT molecular complexity index is 1230. The molecule has 0 spiro atoms. The molecule has 4 heterocycles. The second-order valence-electron chi connectivity index (χ2n) is 7.45. The quantitative estimate of drug-likeness (QED) is 0.503. The lowest BCUT2D eigenvalue weighted by molar-refractivity contribution is 0.0647. The van der Waals surface area contributed by atoms with Gasteiger partial charge in [-0.1, -0.05) is 24.3 Å². The van der Waals surface area contributed by atoms with Crippen molar-refractivity contribution >= 4 is 23.1 Å². The molecule has 0 amide bonds. The number of aliphatic hydroxyl groups excluding tert-OH is 1. The number of para-hydroxylation sites is 1. The number of fused-ring (bicyclic) bond motifs is 1. The summed E-state index contributed by atoms with van der Waals surface area (Å²) < 4.78 is 7.61. The highest BCUT2D eigenvalue weighted by Gasteiger charge is 2.20. The molecular weight excluding hydrogens is 398 g/mol.